The molecule has 2 aromatic heterocycles. The average Bonchev–Trinajstić information content (AvgIpc) is 3.02. The highest BCUT2D eigenvalue weighted by molar-refractivity contribution is 9.10. The van der Waals surface area contributed by atoms with Crippen LogP contribution in [0.3, 0.4) is 0 Å². The quantitative estimate of drug-likeness (QED) is 0.374. The Balaban J connectivity index is 1.69. The van der Waals surface area contributed by atoms with E-state index < -0.39 is 12.7 Å². The van der Waals surface area contributed by atoms with Crippen LogP contribution in [0.5, 0.6) is 5.75 Å². The van der Waals surface area contributed by atoms with Gasteiger partial charge in [0, 0.05) is 28.2 Å². The van der Waals surface area contributed by atoms with E-state index in [-0.39, 0.29) is 11.0 Å². The molecule has 0 amide bonds. The number of pyridine rings is 1. The van der Waals surface area contributed by atoms with Crippen LogP contribution in [0.2, 0.25) is 0 Å². The maximum atomic E-state index is 13.0. The summed E-state index contributed by atoms with van der Waals surface area (Å²) in [5.41, 5.74) is 0.528. The van der Waals surface area contributed by atoms with Crippen LogP contribution < -0.4 is 4.74 Å². The lowest BCUT2D eigenvalue weighted by molar-refractivity contribution is -0.141. The van der Waals surface area contributed by atoms with Crippen molar-refractivity contribution in [2.75, 3.05) is 12.4 Å². The van der Waals surface area contributed by atoms with E-state index in [0.29, 0.717) is 23.7 Å². The van der Waals surface area contributed by atoms with E-state index in [9.17, 15) is 13.2 Å². The van der Waals surface area contributed by atoms with E-state index in [1.165, 1.54) is 24.2 Å². The molecule has 10 heteroatoms. The van der Waals surface area contributed by atoms with Crippen LogP contribution in [0.15, 0.2) is 58.4 Å². The van der Waals surface area contributed by atoms with Gasteiger partial charge in [0.05, 0.1) is 6.61 Å². The van der Waals surface area contributed by atoms with Crippen molar-refractivity contribution in [2.24, 2.45) is 0 Å². The van der Waals surface area contributed by atoms with Crippen LogP contribution in [-0.4, -0.2) is 38.3 Å². The molecule has 0 spiro atoms. The highest BCUT2D eigenvalue weighted by atomic mass is 79.9. The Bertz CT molecular complexity index is 872. The Labute approximate surface area is 166 Å². The van der Waals surface area contributed by atoms with E-state index in [2.05, 4.69) is 31.1 Å². The Hall–Kier alpha value is -2.07. The van der Waals surface area contributed by atoms with Gasteiger partial charge in [0.15, 0.2) is 11.0 Å². The molecular formula is C17H14BrF3N4OS. The second kappa shape index (κ2) is 8.75. The van der Waals surface area contributed by atoms with Crippen molar-refractivity contribution >= 4 is 27.7 Å². The normalized spacial score (nSPS) is 11.6. The number of alkyl halides is 3. The minimum atomic E-state index is -4.38. The molecule has 0 N–H and O–H groups in total. The predicted octanol–water partition coefficient (Wildman–Crippen LogP) is 4.84. The first-order valence-corrected chi connectivity index (χ1v) is 9.62. The maximum Gasteiger partial charge on any atom is 0.406 e. The molecule has 0 aliphatic heterocycles. The van der Waals surface area contributed by atoms with Crippen LogP contribution in [0.25, 0.3) is 11.4 Å². The maximum absolute atomic E-state index is 13.0. The van der Waals surface area contributed by atoms with Gasteiger partial charge in [-0.05, 0) is 36.4 Å². The van der Waals surface area contributed by atoms with Crippen molar-refractivity contribution in [1.29, 1.82) is 0 Å². The van der Waals surface area contributed by atoms with Crippen LogP contribution in [0.4, 0.5) is 13.2 Å². The number of ether oxygens (including phenoxy) is 1. The topological polar surface area (TPSA) is 52.8 Å². The molecule has 142 valence electrons. The fourth-order valence-electron chi connectivity index (χ4n) is 2.26. The zero-order chi connectivity index (χ0) is 19.3. The van der Waals surface area contributed by atoms with Gasteiger partial charge in [0.1, 0.15) is 12.3 Å². The molecule has 0 aliphatic carbocycles. The molecule has 2 heterocycles. The van der Waals surface area contributed by atoms with E-state index in [0.717, 1.165) is 9.04 Å². The molecule has 1 aromatic carbocycles. The zero-order valence-corrected chi connectivity index (χ0v) is 16.3. The molecule has 0 atom stereocenters. The van der Waals surface area contributed by atoms with Crippen molar-refractivity contribution in [3.05, 3.63) is 53.3 Å². The Morgan fingerprint density at radius 3 is 2.41 bits per heavy atom. The Kier molecular flexibility index (Phi) is 6.38. The van der Waals surface area contributed by atoms with Gasteiger partial charge in [-0.2, -0.15) is 13.2 Å². The second-order valence-electron chi connectivity index (χ2n) is 5.39. The highest BCUT2D eigenvalue weighted by Gasteiger charge is 2.31. The molecule has 0 radical (unpaired) electrons. The standard InChI is InChI=1S/C17H14BrF3N4OS/c18-13-1-3-14(4-2-13)26-9-10-27-16-24-23-15(12-5-7-22-8-6-12)25(16)11-17(19,20)21/h1-8H,9-11H2. The van der Waals surface area contributed by atoms with Crippen molar-refractivity contribution < 1.29 is 17.9 Å². The Morgan fingerprint density at radius 1 is 1.04 bits per heavy atom. The summed E-state index contributed by atoms with van der Waals surface area (Å²) in [6.07, 6.45) is -1.38. The number of hydrogen-bond acceptors (Lipinski definition) is 5. The highest BCUT2D eigenvalue weighted by Crippen LogP contribution is 2.28. The first-order chi connectivity index (χ1) is 12.9. The molecule has 3 rings (SSSR count). The van der Waals surface area contributed by atoms with E-state index in [1.807, 2.05) is 24.3 Å². The molecule has 0 saturated heterocycles. The van der Waals surface area contributed by atoms with Gasteiger partial charge in [0.25, 0.3) is 0 Å². The van der Waals surface area contributed by atoms with Crippen molar-refractivity contribution in [3.63, 3.8) is 0 Å². The SMILES string of the molecule is FC(F)(F)Cn1c(SCCOc2ccc(Br)cc2)nnc1-c1ccncc1. The summed E-state index contributed by atoms with van der Waals surface area (Å²) in [6.45, 7) is -0.830. The third kappa shape index (κ3) is 5.70. The number of thioether (sulfide) groups is 1. The summed E-state index contributed by atoms with van der Waals surface area (Å²) >= 11 is 4.50. The zero-order valence-electron chi connectivity index (χ0n) is 13.9. The van der Waals surface area contributed by atoms with Gasteiger partial charge in [0.2, 0.25) is 0 Å². The molecular weight excluding hydrogens is 445 g/mol. The van der Waals surface area contributed by atoms with Gasteiger partial charge < -0.3 is 4.74 Å². The van der Waals surface area contributed by atoms with Gasteiger partial charge >= 0.3 is 6.18 Å². The molecule has 0 saturated carbocycles. The molecule has 27 heavy (non-hydrogen) atoms. The lowest BCUT2D eigenvalue weighted by Gasteiger charge is -2.12. The second-order valence-corrected chi connectivity index (χ2v) is 7.37. The van der Waals surface area contributed by atoms with Gasteiger partial charge in [-0.3, -0.25) is 9.55 Å². The number of benzene rings is 1. The number of halogens is 4. The summed E-state index contributed by atoms with van der Waals surface area (Å²) in [4.78, 5) is 3.87. The number of hydrogen-bond donors (Lipinski definition) is 0. The van der Waals surface area contributed by atoms with E-state index in [1.54, 1.807) is 12.1 Å². The monoisotopic (exact) mass is 458 g/mol. The minimum absolute atomic E-state index is 0.158. The first kappa shape index (κ1) is 19.7. The molecule has 0 fully saturated rings. The van der Waals surface area contributed by atoms with Gasteiger partial charge in [-0.15, -0.1) is 10.2 Å². The molecule has 0 bridgehead atoms. The first-order valence-electron chi connectivity index (χ1n) is 7.84. The predicted molar refractivity (Wildman–Crippen MR) is 99.7 cm³/mol. The molecule has 0 aliphatic rings. The molecule has 5 nitrogen and oxygen atoms in total. The summed E-state index contributed by atoms with van der Waals surface area (Å²) in [5, 5.41) is 8.06. The van der Waals surface area contributed by atoms with Crippen LogP contribution in [0, 0.1) is 0 Å². The summed E-state index contributed by atoms with van der Waals surface area (Å²) in [5.74, 6) is 1.28. The van der Waals surface area contributed by atoms with Crippen molar-refractivity contribution in [2.45, 2.75) is 17.9 Å². The largest absolute Gasteiger partial charge is 0.493 e. The third-order valence-corrected chi connectivity index (χ3v) is 4.85. The Morgan fingerprint density at radius 2 is 1.74 bits per heavy atom. The number of aromatic nitrogens is 4. The summed E-state index contributed by atoms with van der Waals surface area (Å²) in [7, 11) is 0. The minimum Gasteiger partial charge on any atom is -0.493 e. The lowest BCUT2D eigenvalue weighted by atomic mass is 10.2. The lowest BCUT2D eigenvalue weighted by Crippen LogP contribution is -2.19. The summed E-state index contributed by atoms with van der Waals surface area (Å²) < 4.78 is 46.6. The number of rotatable bonds is 7. The van der Waals surface area contributed by atoms with Crippen LogP contribution in [-0.2, 0) is 6.54 Å². The van der Waals surface area contributed by atoms with E-state index in [4.69, 9.17) is 4.74 Å². The summed E-state index contributed by atoms with van der Waals surface area (Å²) in [6, 6.07) is 10.5. The van der Waals surface area contributed by atoms with Crippen LogP contribution >= 0.6 is 27.7 Å². The van der Waals surface area contributed by atoms with Crippen molar-refractivity contribution in [3.8, 4) is 17.1 Å². The van der Waals surface area contributed by atoms with Crippen molar-refractivity contribution in [1.82, 2.24) is 19.7 Å². The third-order valence-electron chi connectivity index (χ3n) is 3.39. The van der Waals surface area contributed by atoms with Gasteiger partial charge in [-0.25, -0.2) is 0 Å². The fourth-order valence-corrected chi connectivity index (χ4v) is 3.27. The van der Waals surface area contributed by atoms with E-state index >= 15 is 0 Å². The average molecular weight is 459 g/mol. The van der Waals surface area contributed by atoms with Gasteiger partial charge in [-0.1, -0.05) is 27.7 Å². The fraction of sp³-hybridized carbons (Fsp3) is 0.235. The smallest absolute Gasteiger partial charge is 0.406 e. The molecule has 3 aromatic rings. The number of nitrogens with zero attached hydrogens (tertiary/aromatic N) is 4. The van der Waals surface area contributed by atoms with Crippen LogP contribution in [0.1, 0.15) is 0 Å². The molecule has 0 unspecified atom stereocenters.